The molecular formula is C24H33N3O3. The Hall–Kier alpha value is -2.89. The predicted octanol–water partition coefficient (Wildman–Crippen LogP) is 3.89. The smallest absolute Gasteiger partial charge is 0.203 e. The first-order chi connectivity index (χ1) is 14.7. The first kappa shape index (κ1) is 21.8. The standard InChI is InChI=1S/C24H33N3O3/c1-5-25-24(27-16-19-11-8-10-18-9-6-7-12-20(18)19)26-15-17-13-21(28-2)23(30-4)22(14-17)29-3/h6-7,9,12-14,19H,5,8,10-11,15-16H2,1-4H3,(H2,25,26,27). The largest absolute Gasteiger partial charge is 0.493 e. The minimum Gasteiger partial charge on any atom is -0.493 e. The van der Waals surface area contributed by atoms with Crippen LogP contribution in [0.1, 0.15) is 42.4 Å². The van der Waals surface area contributed by atoms with Crippen LogP contribution < -0.4 is 24.8 Å². The van der Waals surface area contributed by atoms with Gasteiger partial charge in [-0.1, -0.05) is 24.3 Å². The van der Waals surface area contributed by atoms with Crippen LogP contribution in [0.25, 0.3) is 0 Å². The van der Waals surface area contributed by atoms with E-state index in [9.17, 15) is 0 Å². The summed E-state index contributed by atoms with van der Waals surface area (Å²) in [5.74, 6) is 3.20. The van der Waals surface area contributed by atoms with Crippen molar-refractivity contribution in [3.8, 4) is 17.2 Å². The lowest BCUT2D eigenvalue weighted by Gasteiger charge is -2.26. The summed E-state index contributed by atoms with van der Waals surface area (Å²) in [6, 6.07) is 12.7. The number of fused-ring (bicyclic) bond motifs is 1. The number of hydrogen-bond donors (Lipinski definition) is 2. The van der Waals surface area contributed by atoms with E-state index < -0.39 is 0 Å². The summed E-state index contributed by atoms with van der Waals surface area (Å²) >= 11 is 0. The summed E-state index contributed by atoms with van der Waals surface area (Å²) in [5.41, 5.74) is 3.94. The number of nitrogens with one attached hydrogen (secondary N) is 2. The van der Waals surface area contributed by atoms with Gasteiger partial charge in [0.2, 0.25) is 5.75 Å². The van der Waals surface area contributed by atoms with Crippen LogP contribution >= 0.6 is 0 Å². The van der Waals surface area contributed by atoms with Crippen LogP contribution in [0.2, 0.25) is 0 Å². The minimum atomic E-state index is 0.507. The van der Waals surface area contributed by atoms with Gasteiger partial charge in [0.1, 0.15) is 0 Å². The van der Waals surface area contributed by atoms with E-state index >= 15 is 0 Å². The Kier molecular flexibility index (Phi) is 7.82. The molecule has 30 heavy (non-hydrogen) atoms. The average molecular weight is 412 g/mol. The molecule has 2 aromatic rings. The molecule has 1 aliphatic rings. The Morgan fingerprint density at radius 3 is 2.43 bits per heavy atom. The van der Waals surface area contributed by atoms with Crippen LogP contribution in [0.3, 0.4) is 0 Å². The Labute approximate surface area is 179 Å². The van der Waals surface area contributed by atoms with Crippen LogP contribution in [-0.4, -0.2) is 40.4 Å². The Morgan fingerprint density at radius 1 is 1.03 bits per heavy atom. The molecule has 1 aliphatic carbocycles. The fourth-order valence-electron chi connectivity index (χ4n) is 4.03. The molecule has 0 radical (unpaired) electrons. The molecule has 0 saturated carbocycles. The van der Waals surface area contributed by atoms with Gasteiger partial charge in [0, 0.05) is 19.0 Å². The molecule has 162 valence electrons. The molecule has 0 bridgehead atoms. The van der Waals surface area contributed by atoms with E-state index in [1.807, 2.05) is 12.1 Å². The van der Waals surface area contributed by atoms with Gasteiger partial charge in [0.15, 0.2) is 17.5 Å². The van der Waals surface area contributed by atoms with Crippen LogP contribution in [0, 0.1) is 0 Å². The number of guanidine groups is 1. The summed E-state index contributed by atoms with van der Waals surface area (Å²) in [5, 5.41) is 6.88. The van der Waals surface area contributed by atoms with Gasteiger partial charge < -0.3 is 24.8 Å². The molecule has 0 fully saturated rings. The maximum Gasteiger partial charge on any atom is 0.203 e. The van der Waals surface area contributed by atoms with E-state index in [2.05, 4.69) is 41.8 Å². The molecule has 0 amide bonds. The van der Waals surface area contributed by atoms with Gasteiger partial charge in [-0.3, -0.25) is 0 Å². The maximum atomic E-state index is 5.45. The number of benzene rings is 2. The van der Waals surface area contributed by atoms with E-state index in [0.29, 0.717) is 29.7 Å². The van der Waals surface area contributed by atoms with Crippen molar-refractivity contribution in [1.82, 2.24) is 10.6 Å². The monoisotopic (exact) mass is 411 g/mol. The highest BCUT2D eigenvalue weighted by Gasteiger charge is 2.20. The molecule has 3 rings (SSSR count). The second-order valence-electron chi connectivity index (χ2n) is 7.40. The molecule has 0 heterocycles. The van der Waals surface area contributed by atoms with E-state index in [-0.39, 0.29) is 0 Å². The minimum absolute atomic E-state index is 0.507. The van der Waals surface area contributed by atoms with Crippen molar-refractivity contribution >= 4 is 5.96 Å². The van der Waals surface area contributed by atoms with E-state index in [0.717, 1.165) is 24.6 Å². The zero-order valence-corrected chi connectivity index (χ0v) is 18.5. The van der Waals surface area contributed by atoms with Gasteiger partial charge in [-0.15, -0.1) is 0 Å². The Balaban J connectivity index is 1.71. The SMILES string of the molecule is CCNC(=NCc1cc(OC)c(OC)c(OC)c1)NCC1CCCc2ccccc21. The molecule has 6 heteroatoms. The normalized spacial score (nSPS) is 15.9. The second-order valence-corrected chi connectivity index (χ2v) is 7.40. The topological polar surface area (TPSA) is 64.1 Å². The molecule has 1 atom stereocenters. The molecule has 1 unspecified atom stereocenters. The van der Waals surface area contributed by atoms with Crippen molar-refractivity contribution in [2.45, 2.75) is 38.6 Å². The van der Waals surface area contributed by atoms with Crippen molar-refractivity contribution < 1.29 is 14.2 Å². The van der Waals surface area contributed by atoms with Crippen LogP contribution in [0.15, 0.2) is 41.4 Å². The second kappa shape index (κ2) is 10.8. The van der Waals surface area contributed by atoms with Gasteiger partial charge in [-0.2, -0.15) is 0 Å². The zero-order chi connectivity index (χ0) is 21.3. The molecule has 2 N–H and O–H groups in total. The highest BCUT2D eigenvalue weighted by molar-refractivity contribution is 5.79. The number of rotatable bonds is 8. The fraction of sp³-hybridized carbons (Fsp3) is 0.458. The number of ether oxygens (including phenoxy) is 3. The molecule has 2 aromatic carbocycles. The lowest BCUT2D eigenvalue weighted by Crippen LogP contribution is -2.39. The summed E-state index contributed by atoms with van der Waals surface area (Å²) < 4.78 is 16.3. The van der Waals surface area contributed by atoms with Gasteiger partial charge >= 0.3 is 0 Å². The van der Waals surface area contributed by atoms with E-state index in [1.54, 1.807) is 21.3 Å². The maximum absolute atomic E-state index is 5.45. The van der Waals surface area contributed by atoms with Crippen molar-refractivity contribution in [2.75, 3.05) is 34.4 Å². The average Bonchev–Trinajstić information content (AvgIpc) is 2.79. The molecular weight excluding hydrogens is 378 g/mol. The summed E-state index contributed by atoms with van der Waals surface area (Å²) in [7, 11) is 4.85. The number of methoxy groups -OCH3 is 3. The molecule has 0 saturated heterocycles. The summed E-state index contributed by atoms with van der Waals surface area (Å²) in [6.45, 7) is 4.26. The van der Waals surface area contributed by atoms with Gasteiger partial charge in [-0.25, -0.2) is 4.99 Å². The fourth-order valence-corrected chi connectivity index (χ4v) is 4.03. The zero-order valence-electron chi connectivity index (χ0n) is 18.5. The number of nitrogens with zero attached hydrogens (tertiary/aromatic N) is 1. The van der Waals surface area contributed by atoms with Crippen molar-refractivity contribution in [3.05, 3.63) is 53.1 Å². The predicted molar refractivity (Wildman–Crippen MR) is 121 cm³/mol. The van der Waals surface area contributed by atoms with Crippen LogP contribution in [-0.2, 0) is 13.0 Å². The molecule has 0 aromatic heterocycles. The summed E-state index contributed by atoms with van der Waals surface area (Å²) in [4.78, 5) is 4.77. The van der Waals surface area contributed by atoms with Crippen molar-refractivity contribution in [2.24, 2.45) is 4.99 Å². The lowest BCUT2D eigenvalue weighted by molar-refractivity contribution is 0.324. The molecule has 0 spiro atoms. The lowest BCUT2D eigenvalue weighted by atomic mass is 9.83. The molecule has 6 nitrogen and oxygen atoms in total. The third kappa shape index (κ3) is 5.17. The first-order valence-corrected chi connectivity index (χ1v) is 10.6. The van der Waals surface area contributed by atoms with Crippen LogP contribution in [0.5, 0.6) is 17.2 Å². The first-order valence-electron chi connectivity index (χ1n) is 10.6. The van der Waals surface area contributed by atoms with Gasteiger partial charge in [0.25, 0.3) is 0 Å². The Bertz CT molecular complexity index is 842. The highest BCUT2D eigenvalue weighted by atomic mass is 16.5. The molecule has 0 aliphatic heterocycles. The number of aliphatic imine (C=N–C) groups is 1. The van der Waals surface area contributed by atoms with Crippen molar-refractivity contribution in [1.29, 1.82) is 0 Å². The number of hydrogen-bond acceptors (Lipinski definition) is 4. The summed E-state index contributed by atoms with van der Waals surface area (Å²) in [6.07, 6.45) is 3.63. The van der Waals surface area contributed by atoms with E-state index in [4.69, 9.17) is 19.2 Å². The quantitative estimate of drug-likeness (QED) is 0.510. The van der Waals surface area contributed by atoms with Gasteiger partial charge in [0.05, 0.1) is 27.9 Å². The third-order valence-electron chi connectivity index (χ3n) is 5.50. The van der Waals surface area contributed by atoms with Gasteiger partial charge in [-0.05, 0) is 55.0 Å². The van der Waals surface area contributed by atoms with Crippen LogP contribution in [0.4, 0.5) is 0 Å². The Morgan fingerprint density at radius 2 is 1.77 bits per heavy atom. The number of aryl methyl sites for hydroxylation is 1. The van der Waals surface area contributed by atoms with E-state index in [1.165, 1.54) is 30.4 Å². The third-order valence-corrected chi connectivity index (χ3v) is 5.50. The van der Waals surface area contributed by atoms with Crippen molar-refractivity contribution in [3.63, 3.8) is 0 Å². The highest BCUT2D eigenvalue weighted by Crippen LogP contribution is 2.38.